The van der Waals surface area contributed by atoms with Crippen LogP contribution in [-0.4, -0.2) is 24.6 Å². The Morgan fingerprint density at radius 1 is 1.67 bits per heavy atom. The highest BCUT2D eigenvalue weighted by Gasteiger charge is 2.68. The zero-order valence-electron chi connectivity index (χ0n) is 10.6. The summed E-state index contributed by atoms with van der Waals surface area (Å²) in [5, 5.41) is 0. The van der Waals surface area contributed by atoms with Crippen molar-refractivity contribution in [3.63, 3.8) is 0 Å². The minimum atomic E-state index is -0.386. The highest BCUT2D eigenvalue weighted by atomic mass is 16.6. The molecular formula is C14H18O4. The van der Waals surface area contributed by atoms with E-state index >= 15 is 0 Å². The predicted molar refractivity (Wildman–Crippen MR) is 63.5 cm³/mol. The van der Waals surface area contributed by atoms with Crippen molar-refractivity contribution in [1.82, 2.24) is 0 Å². The molecule has 0 amide bonds. The SMILES string of the molecule is C=CC(=O)OC1CC2CC1(CC)C1C(=O)OCC21. The molecule has 98 valence electrons. The normalized spacial score (nSPS) is 44.6. The first-order valence-corrected chi connectivity index (χ1v) is 6.62. The Bertz CT molecular complexity index is 416. The Kier molecular flexibility index (Phi) is 2.50. The second kappa shape index (κ2) is 3.84. The molecule has 2 saturated carbocycles. The summed E-state index contributed by atoms with van der Waals surface area (Å²) in [6.45, 7) is 6.06. The number of ether oxygens (including phenoxy) is 2. The molecule has 0 N–H and O–H groups in total. The molecule has 3 aliphatic rings. The van der Waals surface area contributed by atoms with E-state index in [4.69, 9.17) is 9.47 Å². The molecular weight excluding hydrogens is 232 g/mol. The monoisotopic (exact) mass is 250 g/mol. The molecule has 2 bridgehead atoms. The molecule has 3 rings (SSSR count). The number of rotatable bonds is 3. The molecule has 4 heteroatoms. The zero-order chi connectivity index (χ0) is 12.9. The molecule has 1 heterocycles. The van der Waals surface area contributed by atoms with Gasteiger partial charge in [-0.1, -0.05) is 13.5 Å². The molecule has 4 nitrogen and oxygen atoms in total. The molecule has 18 heavy (non-hydrogen) atoms. The van der Waals surface area contributed by atoms with E-state index in [2.05, 4.69) is 13.5 Å². The molecule has 5 unspecified atom stereocenters. The van der Waals surface area contributed by atoms with Crippen LogP contribution in [0, 0.1) is 23.2 Å². The maximum absolute atomic E-state index is 11.9. The van der Waals surface area contributed by atoms with Gasteiger partial charge in [-0.2, -0.15) is 0 Å². The number of hydrogen-bond donors (Lipinski definition) is 0. The standard InChI is InChI=1S/C14H18O4/c1-3-11(15)18-10-5-8-6-14(10,4-2)12-9(8)7-17-13(12)16/h3,8-10,12H,1,4-7H2,2H3. The van der Waals surface area contributed by atoms with Crippen molar-refractivity contribution in [2.75, 3.05) is 6.61 Å². The molecule has 2 aliphatic carbocycles. The Morgan fingerprint density at radius 2 is 2.44 bits per heavy atom. The van der Waals surface area contributed by atoms with E-state index in [1.54, 1.807) is 0 Å². The van der Waals surface area contributed by atoms with Crippen molar-refractivity contribution < 1.29 is 19.1 Å². The lowest BCUT2D eigenvalue weighted by Gasteiger charge is -2.38. The van der Waals surface area contributed by atoms with Crippen LogP contribution in [0.5, 0.6) is 0 Å². The van der Waals surface area contributed by atoms with Crippen molar-refractivity contribution in [2.45, 2.75) is 32.3 Å². The van der Waals surface area contributed by atoms with Crippen molar-refractivity contribution >= 4 is 11.9 Å². The first-order valence-electron chi connectivity index (χ1n) is 6.62. The molecule has 0 radical (unpaired) electrons. The van der Waals surface area contributed by atoms with Gasteiger partial charge in [-0.05, 0) is 25.2 Å². The summed E-state index contributed by atoms with van der Waals surface area (Å²) in [5.41, 5.74) is -0.193. The number of fused-ring (bicyclic) bond motifs is 5. The fourth-order valence-corrected chi connectivity index (χ4v) is 4.42. The average Bonchev–Trinajstić information content (AvgIpc) is 3.00. The molecule has 3 fully saturated rings. The van der Waals surface area contributed by atoms with E-state index in [0.717, 1.165) is 19.3 Å². The fraction of sp³-hybridized carbons (Fsp3) is 0.714. The van der Waals surface area contributed by atoms with Crippen LogP contribution < -0.4 is 0 Å². The summed E-state index contributed by atoms with van der Waals surface area (Å²) in [6.07, 6.45) is 3.76. The van der Waals surface area contributed by atoms with Crippen LogP contribution in [0.3, 0.4) is 0 Å². The van der Waals surface area contributed by atoms with E-state index in [-0.39, 0.29) is 29.4 Å². The summed E-state index contributed by atoms with van der Waals surface area (Å²) in [7, 11) is 0. The molecule has 0 aromatic heterocycles. The van der Waals surface area contributed by atoms with Gasteiger partial charge in [-0.25, -0.2) is 4.79 Å². The van der Waals surface area contributed by atoms with Gasteiger partial charge in [0.25, 0.3) is 0 Å². The smallest absolute Gasteiger partial charge is 0.330 e. The van der Waals surface area contributed by atoms with Gasteiger partial charge in [0, 0.05) is 17.4 Å². The molecule has 0 aromatic carbocycles. The molecule has 1 aliphatic heterocycles. The van der Waals surface area contributed by atoms with Crippen molar-refractivity contribution in [1.29, 1.82) is 0 Å². The Labute approximate surface area is 106 Å². The van der Waals surface area contributed by atoms with Gasteiger partial charge in [0.05, 0.1) is 12.5 Å². The summed E-state index contributed by atoms with van der Waals surface area (Å²) in [4.78, 5) is 23.3. The molecule has 1 saturated heterocycles. The quantitative estimate of drug-likeness (QED) is 0.565. The van der Waals surface area contributed by atoms with Gasteiger partial charge in [0.15, 0.2) is 0 Å². The minimum Gasteiger partial charge on any atom is -0.465 e. The van der Waals surface area contributed by atoms with Crippen LogP contribution in [0.15, 0.2) is 12.7 Å². The van der Waals surface area contributed by atoms with Crippen LogP contribution in [0.4, 0.5) is 0 Å². The van der Waals surface area contributed by atoms with Crippen LogP contribution in [0.1, 0.15) is 26.2 Å². The minimum absolute atomic E-state index is 0.0659. The van der Waals surface area contributed by atoms with E-state index in [0.29, 0.717) is 18.4 Å². The van der Waals surface area contributed by atoms with Gasteiger partial charge in [0.1, 0.15) is 6.10 Å². The predicted octanol–water partition coefficient (Wildman–Crippen LogP) is 1.69. The lowest BCUT2D eigenvalue weighted by atomic mass is 9.68. The number of carbonyl (C=O) groups excluding carboxylic acids is 2. The van der Waals surface area contributed by atoms with Gasteiger partial charge < -0.3 is 9.47 Å². The summed E-state index contributed by atoms with van der Waals surface area (Å²) in [6, 6.07) is 0. The number of hydrogen-bond acceptors (Lipinski definition) is 4. The average molecular weight is 250 g/mol. The summed E-state index contributed by atoms with van der Waals surface area (Å²) < 4.78 is 10.7. The molecule has 5 atom stereocenters. The van der Waals surface area contributed by atoms with E-state index in [1.807, 2.05) is 0 Å². The van der Waals surface area contributed by atoms with E-state index in [1.165, 1.54) is 6.08 Å². The lowest BCUT2D eigenvalue weighted by molar-refractivity contribution is -0.159. The van der Waals surface area contributed by atoms with Crippen molar-refractivity contribution in [3.8, 4) is 0 Å². The maximum Gasteiger partial charge on any atom is 0.330 e. The van der Waals surface area contributed by atoms with E-state index in [9.17, 15) is 9.59 Å². The van der Waals surface area contributed by atoms with Crippen molar-refractivity contribution in [3.05, 3.63) is 12.7 Å². The maximum atomic E-state index is 11.9. The second-order valence-electron chi connectivity index (χ2n) is 5.69. The number of carbonyl (C=O) groups is 2. The zero-order valence-corrected chi connectivity index (χ0v) is 10.6. The summed E-state index contributed by atoms with van der Waals surface area (Å²) in [5.74, 6) is 0.260. The lowest BCUT2D eigenvalue weighted by Crippen LogP contribution is -2.44. The third kappa shape index (κ3) is 1.32. The van der Waals surface area contributed by atoms with Gasteiger partial charge >= 0.3 is 11.9 Å². The number of esters is 2. The van der Waals surface area contributed by atoms with E-state index < -0.39 is 0 Å². The van der Waals surface area contributed by atoms with Gasteiger partial charge in [-0.3, -0.25) is 4.79 Å². The van der Waals surface area contributed by atoms with Crippen molar-refractivity contribution in [2.24, 2.45) is 23.2 Å². The second-order valence-corrected chi connectivity index (χ2v) is 5.69. The molecule has 0 spiro atoms. The third-order valence-electron chi connectivity index (χ3n) is 5.21. The van der Waals surface area contributed by atoms with Crippen LogP contribution >= 0.6 is 0 Å². The summed E-state index contributed by atoms with van der Waals surface area (Å²) >= 11 is 0. The first-order chi connectivity index (χ1) is 8.62. The van der Waals surface area contributed by atoms with Crippen LogP contribution in [0.2, 0.25) is 0 Å². The number of cyclic esters (lactones) is 1. The van der Waals surface area contributed by atoms with Crippen LogP contribution in [-0.2, 0) is 19.1 Å². The fourth-order valence-electron chi connectivity index (χ4n) is 4.42. The first kappa shape index (κ1) is 11.8. The largest absolute Gasteiger partial charge is 0.465 e. The Hall–Kier alpha value is -1.32. The third-order valence-corrected chi connectivity index (χ3v) is 5.21. The topological polar surface area (TPSA) is 52.6 Å². The van der Waals surface area contributed by atoms with Gasteiger partial charge in [-0.15, -0.1) is 0 Å². The molecule has 0 aromatic rings. The van der Waals surface area contributed by atoms with Crippen LogP contribution in [0.25, 0.3) is 0 Å². The highest BCUT2D eigenvalue weighted by molar-refractivity contribution is 5.82. The Balaban J connectivity index is 1.90. The Morgan fingerprint density at radius 3 is 3.11 bits per heavy atom. The van der Waals surface area contributed by atoms with Gasteiger partial charge in [0.2, 0.25) is 0 Å². The highest BCUT2D eigenvalue weighted by Crippen LogP contribution is 2.65.